The van der Waals surface area contributed by atoms with Gasteiger partial charge in [0.1, 0.15) is 5.75 Å². The largest absolute Gasteiger partial charge is 0.497 e. The van der Waals surface area contributed by atoms with Crippen molar-refractivity contribution in [3.63, 3.8) is 0 Å². The first-order valence-electron chi connectivity index (χ1n) is 5.14. The summed E-state index contributed by atoms with van der Waals surface area (Å²) in [6.07, 6.45) is 6.69. The summed E-state index contributed by atoms with van der Waals surface area (Å²) < 4.78 is 5.05. The predicted octanol–water partition coefficient (Wildman–Crippen LogP) is 2.68. The second-order valence-corrected chi connectivity index (χ2v) is 3.05. The van der Waals surface area contributed by atoms with Gasteiger partial charge in [0.15, 0.2) is 0 Å². The van der Waals surface area contributed by atoms with Gasteiger partial charge >= 0.3 is 0 Å². The number of aliphatic imine (C=N–C) groups is 3. The van der Waals surface area contributed by atoms with Crippen LogP contribution in [-0.2, 0) is 0 Å². The molecule has 0 saturated heterocycles. The van der Waals surface area contributed by atoms with Gasteiger partial charge in [-0.2, -0.15) is 0 Å². The zero-order chi connectivity index (χ0) is 12.3. The van der Waals surface area contributed by atoms with Gasteiger partial charge < -0.3 is 4.74 Å². The third kappa shape index (κ3) is 5.41. The maximum Gasteiger partial charge on any atom is 0.119 e. The molecule has 1 aromatic rings. The molecule has 0 spiro atoms. The Labute approximate surface area is 101 Å². The van der Waals surface area contributed by atoms with Crippen molar-refractivity contribution >= 4 is 24.8 Å². The van der Waals surface area contributed by atoms with Gasteiger partial charge in [-0.05, 0) is 37.1 Å². The molecular weight excluding hydrogens is 214 g/mol. The van der Waals surface area contributed by atoms with Crippen LogP contribution in [0.1, 0.15) is 0 Å². The molecule has 0 N–H and O–H groups in total. The van der Waals surface area contributed by atoms with Gasteiger partial charge in [0.2, 0.25) is 0 Å². The van der Waals surface area contributed by atoms with Crippen LogP contribution < -0.4 is 4.74 Å². The summed E-state index contributed by atoms with van der Waals surface area (Å²) >= 11 is 0. The Morgan fingerprint density at radius 2 is 2.06 bits per heavy atom. The minimum Gasteiger partial charge on any atom is -0.497 e. The fourth-order valence-corrected chi connectivity index (χ4v) is 1.08. The third-order valence-corrected chi connectivity index (χ3v) is 1.88. The predicted molar refractivity (Wildman–Crippen MR) is 73.2 cm³/mol. The molecule has 0 aliphatic heterocycles. The molecule has 0 heterocycles. The van der Waals surface area contributed by atoms with E-state index in [0.717, 1.165) is 11.4 Å². The summed E-state index contributed by atoms with van der Waals surface area (Å²) in [5.41, 5.74) is 0.879. The maximum absolute atomic E-state index is 5.05. The third-order valence-electron chi connectivity index (χ3n) is 1.88. The van der Waals surface area contributed by atoms with Crippen LogP contribution in [0.5, 0.6) is 5.75 Å². The Kier molecular flexibility index (Phi) is 6.03. The van der Waals surface area contributed by atoms with Crippen molar-refractivity contribution in [3.8, 4) is 5.75 Å². The number of hydrogen-bond donors (Lipinski definition) is 0. The highest BCUT2D eigenvalue weighted by atomic mass is 16.5. The van der Waals surface area contributed by atoms with Gasteiger partial charge in [0, 0.05) is 18.6 Å². The van der Waals surface area contributed by atoms with Gasteiger partial charge in [0.25, 0.3) is 0 Å². The van der Waals surface area contributed by atoms with Crippen LogP contribution in [0, 0.1) is 0 Å². The van der Waals surface area contributed by atoms with Crippen molar-refractivity contribution in [3.05, 3.63) is 36.5 Å². The number of allylic oxidation sites excluding steroid dienone is 1. The normalized spacial score (nSPS) is 11.6. The Hall–Kier alpha value is -2.23. The van der Waals surface area contributed by atoms with E-state index in [-0.39, 0.29) is 0 Å². The summed E-state index contributed by atoms with van der Waals surface area (Å²) in [6.45, 7) is 3.85. The zero-order valence-corrected chi connectivity index (χ0v) is 9.78. The minimum absolute atomic E-state index is 0.535. The molecule has 0 fully saturated rings. The number of nitrogens with zero attached hydrogens (tertiary/aromatic N) is 3. The molecule has 0 aliphatic carbocycles. The number of ether oxygens (including phenoxy) is 1. The molecule has 0 bridgehead atoms. The number of hydrogen-bond acceptors (Lipinski definition) is 4. The Balaban J connectivity index is 2.39. The van der Waals surface area contributed by atoms with Crippen molar-refractivity contribution in [1.82, 2.24) is 0 Å². The molecule has 4 heteroatoms. The summed E-state index contributed by atoms with van der Waals surface area (Å²) in [7, 11) is 1.64. The van der Waals surface area contributed by atoms with Crippen molar-refractivity contribution in [2.75, 3.05) is 13.7 Å². The highest BCUT2D eigenvalue weighted by Gasteiger charge is 1.89. The van der Waals surface area contributed by atoms with Crippen LogP contribution >= 0.6 is 0 Å². The summed E-state index contributed by atoms with van der Waals surface area (Å²) in [6, 6.07) is 7.52. The highest BCUT2D eigenvalue weighted by Crippen LogP contribution is 2.16. The molecule has 0 aliphatic rings. The first-order valence-corrected chi connectivity index (χ1v) is 5.14. The van der Waals surface area contributed by atoms with E-state index < -0.39 is 0 Å². The van der Waals surface area contributed by atoms with E-state index in [2.05, 4.69) is 21.7 Å². The lowest BCUT2D eigenvalue weighted by Crippen LogP contribution is -1.82. The molecule has 1 rings (SSSR count). The smallest absolute Gasteiger partial charge is 0.119 e. The lowest BCUT2D eigenvalue weighted by Gasteiger charge is -1.98. The molecule has 17 heavy (non-hydrogen) atoms. The maximum atomic E-state index is 5.05. The number of benzene rings is 1. The molecular formula is C13H15N3O. The Morgan fingerprint density at radius 1 is 1.29 bits per heavy atom. The van der Waals surface area contributed by atoms with Gasteiger partial charge in [-0.25, -0.2) is 0 Å². The van der Waals surface area contributed by atoms with Gasteiger partial charge in [-0.3, -0.25) is 15.0 Å². The van der Waals surface area contributed by atoms with Crippen LogP contribution in [0.3, 0.4) is 0 Å². The van der Waals surface area contributed by atoms with Gasteiger partial charge in [-0.15, -0.1) is 0 Å². The summed E-state index contributed by atoms with van der Waals surface area (Å²) in [5, 5.41) is 0. The van der Waals surface area contributed by atoms with Crippen LogP contribution in [0.25, 0.3) is 0 Å². The number of methoxy groups -OCH3 is 1. The second-order valence-electron chi connectivity index (χ2n) is 3.05. The standard InChI is InChI=1S/C13H15N3O/c1-14-8-3-9-15-10-11-16-12-4-6-13(17-2)7-5-12/h3-9,11H,1,10H2,2H3/b8-3-,15-9?,16-11?. The Bertz CT molecular complexity index is 419. The molecule has 0 atom stereocenters. The molecule has 0 amide bonds. The zero-order valence-electron chi connectivity index (χ0n) is 9.78. The monoisotopic (exact) mass is 229 g/mol. The van der Waals surface area contributed by atoms with E-state index in [9.17, 15) is 0 Å². The lowest BCUT2D eigenvalue weighted by atomic mass is 10.3. The second kappa shape index (κ2) is 7.98. The van der Waals surface area contributed by atoms with E-state index in [1.807, 2.05) is 24.3 Å². The highest BCUT2D eigenvalue weighted by molar-refractivity contribution is 5.74. The molecule has 88 valence electrons. The molecule has 0 aromatic heterocycles. The SMILES string of the molecule is C=N/C=C\C=NCC=Nc1ccc(OC)cc1. The number of rotatable bonds is 6. The van der Waals surface area contributed by atoms with E-state index in [1.165, 1.54) is 0 Å². The van der Waals surface area contributed by atoms with Gasteiger partial charge in [-0.1, -0.05) is 0 Å². The van der Waals surface area contributed by atoms with Crippen molar-refractivity contribution in [1.29, 1.82) is 0 Å². The van der Waals surface area contributed by atoms with E-state index >= 15 is 0 Å². The van der Waals surface area contributed by atoms with Crippen molar-refractivity contribution in [2.45, 2.75) is 0 Å². The van der Waals surface area contributed by atoms with Crippen molar-refractivity contribution < 1.29 is 4.74 Å². The average molecular weight is 229 g/mol. The molecule has 0 saturated carbocycles. The lowest BCUT2D eigenvalue weighted by molar-refractivity contribution is 0.415. The van der Waals surface area contributed by atoms with E-state index in [4.69, 9.17) is 4.74 Å². The van der Waals surface area contributed by atoms with Crippen LogP contribution in [-0.4, -0.2) is 32.8 Å². The van der Waals surface area contributed by atoms with E-state index in [0.29, 0.717) is 6.54 Å². The summed E-state index contributed by atoms with van der Waals surface area (Å²) in [5.74, 6) is 0.823. The van der Waals surface area contributed by atoms with Gasteiger partial charge in [0.05, 0.1) is 19.3 Å². The Morgan fingerprint density at radius 3 is 2.71 bits per heavy atom. The quantitative estimate of drug-likeness (QED) is 0.692. The fourth-order valence-electron chi connectivity index (χ4n) is 1.08. The molecule has 0 radical (unpaired) electrons. The molecule has 4 nitrogen and oxygen atoms in total. The molecule has 1 aromatic carbocycles. The van der Waals surface area contributed by atoms with Crippen molar-refractivity contribution in [2.24, 2.45) is 15.0 Å². The summed E-state index contributed by atoms with van der Waals surface area (Å²) in [4.78, 5) is 11.9. The van der Waals surface area contributed by atoms with Crippen LogP contribution in [0.4, 0.5) is 5.69 Å². The van der Waals surface area contributed by atoms with Crippen LogP contribution in [0.2, 0.25) is 0 Å². The average Bonchev–Trinajstić information content (AvgIpc) is 2.38. The minimum atomic E-state index is 0.535. The van der Waals surface area contributed by atoms with Crippen LogP contribution in [0.15, 0.2) is 51.5 Å². The fraction of sp³-hybridized carbons (Fsp3) is 0.154. The topological polar surface area (TPSA) is 46.3 Å². The first kappa shape index (κ1) is 12.8. The first-order chi connectivity index (χ1) is 8.36. The molecule has 0 unspecified atom stereocenters. The van der Waals surface area contributed by atoms with E-state index in [1.54, 1.807) is 31.8 Å².